The van der Waals surface area contributed by atoms with Crippen molar-refractivity contribution in [3.05, 3.63) is 137 Å². The predicted molar refractivity (Wildman–Crippen MR) is 206 cm³/mol. The summed E-state index contributed by atoms with van der Waals surface area (Å²) in [7, 11) is 0. The molecule has 2 aliphatic rings. The SMILES string of the molecule is C=C(C)c1cc(C(=O)N2Cc3ccc(CCNC(CC(C)C)C(=O)OC4CCCC4)cc3C2)c(OCc2ccccc2)cc1OCc1ccccc1. The van der Waals surface area contributed by atoms with Crippen LogP contribution < -0.4 is 14.8 Å². The molecule has 1 saturated carbocycles. The van der Waals surface area contributed by atoms with Crippen molar-refractivity contribution in [2.75, 3.05) is 6.54 Å². The molecular weight excluding hydrogens is 649 g/mol. The lowest BCUT2D eigenvalue weighted by atomic mass is 10.0. The molecule has 6 rings (SSSR count). The molecule has 0 radical (unpaired) electrons. The summed E-state index contributed by atoms with van der Waals surface area (Å²) in [6, 6.07) is 29.8. The minimum Gasteiger partial charge on any atom is -0.488 e. The van der Waals surface area contributed by atoms with Gasteiger partial charge in [-0.1, -0.05) is 99.3 Å². The molecule has 1 aliphatic heterocycles. The van der Waals surface area contributed by atoms with Crippen molar-refractivity contribution in [1.29, 1.82) is 0 Å². The quantitative estimate of drug-likeness (QED) is 0.118. The molecule has 52 heavy (non-hydrogen) atoms. The van der Waals surface area contributed by atoms with Crippen molar-refractivity contribution in [3.63, 3.8) is 0 Å². The van der Waals surface area contributed by atoms with Crippen molar-refractivity contribution in [2.24, 2.45) is 5.92 Å². The van der Waals surface area contributed by atoms with Crippen LogP contribution in [-0.4, -0.2) is 35.5 Å². The fourth-order valence-corrected chi connectivity index (χ4v) is 7.07. The van der Waals surface area contributed by atoms with Crippen LogP contribution in [0.4, 0.5) is 0 Å². The van der Waals surface area contributed by atoms with Gasteiger partial charge in [-0.3, -0.25) is 9.59 Å². The maximum atomic E-state index is 14.3. The van der Waals surface area contributed by atoms with Gasteiger partial charge < -0.3 is 24.4 Å². The molecule has 0 spiro atoms. The molecule has 4 aromatic carbocycles. The molecule has 7 heteroatoms. The van der Waals surface area contributed by atoms with Gasteiger partial charge >= 0.3 is 5.97 Å². The Labute approximate surface area is 309 Å². The van der Waals surface area contributed by atoms with E-state index in [4.69, 9.17) is 14.2 Å². The van der Waals surface area contributed by atoms with Gasteiger partial charge in [0, 0.05) is 24.7 Å². The maximum absolute atomic E-state index is 14.3. The van der Waals surface area contributed by atoms with Crippen LogP contribution in [0, 0.1) is 5.92 Å². The van der Waals surface area contributed by atoms with Gasteiger partial charge in [-0.05, 0) is 97.4 Å². The Morgan fingerprint density at radius 2 is 1.40 bits per heavy atom. The minimum atomic E-state index is -0.305. The smallest absolute Gasteiger partial charge is 0.323 e. The van der Waals surface area contributed by atoms with Gasteiger partial charge in [-0.2, -0.15) is 0 Å². The van der Waals surface area contributed by atoms with Crippen LogP contribution in [0.1, 0.15) is 96.6 Å². The van der Waals surface area contributed by atoms with E-state index in [2.05, 4.69) is 43.9 Å². The molecular formula is C45H52N2O5. The van der Waals surface area contributed by atoms with Crippen LogP contribution in [0.15, 0.2) is 97.6 Å². The third-order valence-electron chi connectivity index (χ3n) is 9.91. The van der Waals surface area contributed by atoms with E-state index in [1.54, 1.807) is 0 Å². The number of amides is 1. The average molecular weight is 701 g/mol. The first-order chi connectivity index (χ1) is 25.2. The molecule has 1 heterocycles. The summed E-state index contributed by atoms with van der Waals surface area (Å²) in [5, 5.41) is 3.49. The Morgan fingerprint density at radius 3 is 2.02 bits per heavy atom. The second kappa shape index (κ2) is 17.6. The number of nitrogens with zero attached hydrogens (tertiary/aromatic N) is 1. The van der Waals surface area contributed by atoms with Crippen molar-refractivity contribution in [1.82, 2.24) is 10.2 Å². The monoisotopic (exact) mass is 700 g/mol. The van der Waals surface area contributed by atoms with Crippen LogP contribution in [0.25, 0.3) is 5.57 Å². The van der Waals surface area contributed by atoms with Crippen LogP contribution >= 0.6 is 0 Å². The summed E-state index contributed by atoms with van der Waals surface area (Å²) in [6.07, 6.45) is 5.80. The van der Waals surface area contributed by atoms with Crippen LogP contribution in [0.5, 0.6) is 11.5 Å². The Bertz CT molecular complexity index is 1830. The molecule has 1 amide bonds. The third-order valence-corrected chi connectivity index (χ3v) is 9.91. The zero-order valence-electron chi connectivity index (χ0n) is 30.9. The summed E-state index contributed by atoms with van der Waals surface area (Å²) < 4.78 is 18.5. The highest BCUT2D eigenvalue weighted by molar-refractivity contribution is 5.98. The number of carbonyl (C=O) groups is 2. The van der Waals surface area contributed by atoms with E-state index in [1.807, 2.05) is 84.6 Å². The maximum Gasteiger partial charge on any atom is 0.323 e. The van der Waals surface area contributed by atoms with Crippen molar-refractivity contribution in [2.45, 2.75) is 97.7 Å². The van der Waals surface area contributed by atoms with Gasteiger partial charge in [-0.25, -0.2) is 0 Å². The second-order valence-corrected chi connectivity index (χ2v) is 14.7. The standard InChI is InChI=1S/C45H52N2O5/c1-31(2)23-41(45(49)52-38-17-11-12-18-38)46-22-21-33-19-20-36-27-47(28-37(36)24-33)44(48)40-25-39(32(3)4)42(50-29-34-13-7-5-8-14-34)26-43(40)51-30-35-15-9-6-10-16-35/h5-10,13-16,19-20,24-26,31,38,41,46H,3,11-12,17-18,21-23,27-30H2,1-2,4H3. The van der Waals surface area contributed by atoms with Gasteiger partial charge in [0.15, 0.2) is 0 Å². The number of ether oxygens (including phenoxy) is 3. The van der Waals surface area contributed by atoms with E-state index in [1.165, 1.54) is 5.56 Å². The van der Waals surface area contributed by atoms with E-state index in [0.29, 0.717) is 55.8 Å². The Hall–Kier alpha value is -4.88. The topological polar surface area (TPSA) is 77.1 Å². The Kier molecular flexibility index (Phi) is 12.5. The number of esters is 1. The zero-order valence-corrected chi connectivity index (χ0v) is 30.9. The minimum absolute atomic E-state index is 0.0659. The fourth-order valence-electron chi connectivity index (χ4n) is 7.07. The molecule has 1 fully saturated rings. The molecule has 4 aromatic rings. The molecule has 1 unspecified atom stereocenters. The number of hydrogen-bond donors (Lipinski definition) is 1. The van der Waals surface area contributed by atoms with E-state index in [0.717, 1.165) is 71.9 Å². The molecule has 272 valence electrons. The van der Waals surface area contributed by atoms with Crippen LogP contribution in [0.2, 0.25) is 0 Å². The largest absolute Gasteiger partial charge is 0.488 e. The molecule has 1 atom stereocenters. The lowest BCUT2D eigenvalue weighted by molar-refractivity contribution is -0.151. The Morgan fingerprint density at radius 1 is 0.788 bits per heavy atom. The number of benzene rings is 4. The molecule has 0 bridgehead atoms. The van der Waals surface area contributed by atoms with Gasteiger partial charge in [-0.15, -0.1) is 0 Å². The van der Waals surface area contributed by atoms with E-state index in [-0.39, 0.29) is 24.0 Å². The lowest BCUT2D eigenvalue weighted by Crippen LogP contribution is -2.41. The lowest BCUT2D eigenvalue weighted by Gasteiger charge is -2.22. The highest BCUT2D eigenvalue weighted by atomic mass is 16.5. The average Bonchev–Trinajstić information content (AvgIpc) is 3.83. The van der Waals surface area contributed by atoms with E-state index >= 15 is 0 Å². The van der Waals surface area contributed by atoms with Gasteiger partial charge in [0.2, 0.25) is 0 Å². The first-order valence-electron chi connectivity index (χ1n) is 18.7. The summed E-state index contributed by atoms with van der Waals surface area (Å²) in [6.45, 7) is 12.8. The predicted octanol–water partition coefficient (Wildman–Crippen LogP) is 9.07. The van der Waals surface area contributed by atoms with Crippen molar-refractivity contribution in [3.8, 4) is 11.5 Å². The second-order valence-electron chi connectivity index (χ2n) is 14.7. The number of nitrogens with one attached hydrogen (secondary N) is 1. The summed E-state index contributed by atoms with van der Waals surface area (Å²) in [5.74, 6) is 1.26. The fraction of sp³-hybridized carbons (Fsp3) is 0.378. The first kappa shape index (κ1) is 36.9. The van der Waals surface area contributed by atoms with Gasteiger partial charge in [0.25, 0.3) is 5.91 Å². The van der Waals surface area contributed by atoms with Crippen LogP contribution in [-0.2, 0) is 42.3 Å². The molecule has 1 aliphatic carbocycles. The van der Waals surface area contributed by atoms with Crippen molar-refractivity contribution < 1.29 is 23.8 Å². The molecule has 7 nitrogen and oxygen atoms in total. The van der Waals surface area contributed by atoms with E-state index < -0.39 is 0 Å². The summed E-state index contributed by atoms with van der Waals surface area (Å²) >= 11 is 0. The molecule has 1 N–H and O–H groups in total. The third kappa shape index (κ3) is 9.71. The number of fused-ring (bicyclic) bond motifs is 1. The normalized spacial score (nSPS) is 14.7. The summed E-state index contributed by atoms with van der Waals surface area (Å²) in [5.41, 5.74) is 7.57. The zero-order chi connectivity index (χ0) is 36.5. The van der Waals surface area contributed by atoms with E-state index in [9.17, 15) is 9.59 Å². The highest BCUT2D eigenvalue weighted by Gasteiger charge is 2.29. The number of hydrogen-bond acceptors (Lipinski definition) is 6. The first-order valence-corrected chi connectivity index (χ1v) is 18.7. The van der Waals surface area contributed by atoms with Gasteiger partial charge in [0.05, 0.1) is 5.56 Å². The Balaban J connectivity index is 1.15. The number of carbonyl (C=O) groups excluding carboxylic acids is 2. The van der Waals surface area contributed by atoms with Gasteiger partial charge in [0.1, 0.15) is 36.9 Å². The number of rotatable bonds is 16. The van der Waals surface area contributed by atoms with Crippen molar-refractivity contribution >= 4 is 17.4 Å². The molecule has 0 aromatic heterocycles. The van der Waals surface area contributed by atoms with Crippen LogP contribution in [0.3, 0.4) is 0 Å². The highest BCUT2D eigenvalue weighted by Crippen LogP contribution is 2.36. The number of allylic oxidation sites excluding steroid dienone is 1. The summed E-state index contributed by atoms with van der Waals surface area (Å²) in [4.78, 5) is 29.2. The molecule has 0 saturated heterocycles.